The molecule has 4 N–H and O–H groups in total. The number of rotatable bonds is 9. The Balaban J connectivity index is 1.43. The average Bonchev–Trinajstić information content (AvgIpc) is 3.56. The number of hydrogen-bond donors (Lipinski definition) is 3. The van der Waals surface area contributed by atoms with Crippen LogP contribution in [0.1, 0.15) is 22.9 Å². The molecule has 2 aromatic heterocycles. The number of carbonyl (C=O) groups excluding carboxylic acids is 2. The zero-order chi connectivity index (χ0) is 31.1. The Labute approximate surface area is 261 Å². The minimum absolute atomic E-state index is 0.177. The number of aromatic nitrogens is 6. The number of nitrogens with one attached hydrogen (secondary N) is 2. The second-order valence-electron chi connectivity index (χ2n) is 9.47. The van der Waals surface area contributed by atoms with Crippen LogP contribution >= 0.6 is 23.2 Å². The number of halogens is 2. The van der Waals surface area contributed by atoms with Gasteiger partial charge >= 0.3 is 6.09 Å². The Morgan fingerprint density at radius 1 is 1.02 bits per heavy atom. The molecule has 0 fully saturated rings. The lowest BCUT2D eigenvalue weighted by Gasteiger charge is -2.19. The molecule has 12 nitrogen and oxygen atoms in total. The van der Waals surface area contributed by atoms with Crippen molar-refractivity contribution in [1.82, 2.24) is 35.7 Å². The Kier molecular flexibility index (Phi) is 9.43. The molecule has 0 aliphatic carbocycles. The van der Waals surface area contributed by atoms with Crippen LogP contribution in [0.4, 0.5) is 16.2 Å². The molecular weight excluding hydrogens is 605 g/mol. The Hall–Kier alpha value is -5.33. The van der Waals surface area contributed by atoms with Crippen LogP contribution in [0.15, 0.2) is 85.2 Å². The fourth-order valence-corrected chi connectivity index (χ4v) is 4.69. The van der Waals surface area contributed by atoms with E-state index in [1.165, 1.54) is 24.2 Å². The summed E-state index contributed by atoms with van der Waals surface area (Å²) >= 11 is 12.7. The molecule has 0 saturated heterocycles. The predicted molar refractivity (Wildman–Crippen MR) is 167 cm³/mol. The molecule has 5 rings (SSSR count). The van der Waals surface area contributed by atoms with Crippen LogP contribution in [0.2, 0.25) is 10.2 Å². The molecule has 0 aliphatic rings. The zero-order valence-corrected chi connectivity index (χ0v) is 24.7. The van der Waals surface area contributed by atoms with Gasteiger partial charge in [0.25, 0.3) is 0 Å². The van der Waals surface area contributed by atoms with Gasteiger partial charge in [0.05, 0.1) is 24.5 Å². The summed E-state index contributed by atoms with van der Waals surface area (Å²) in [5.41, 5.74) is 11.0. The van der Waals surface area contributed by atoms with Gasteiger partial charge in [-0.2, -0.15) is 9.78 Å². The predicted octanol–water partition coefficient (Wildman–Crippen LogP) is 5.30. The number of benzene rings is 3. The maximum atomic E-state index is 13.3. The number of anilines is 2. The summed E-state index contributed by atoms with van der Waals surface area (Å²) in [6.07, 6.45) is 4.28. The van der Waals surface area contributed by atoms with Crippen LogP contribution in [0.3, 0.4) is 0 Å². The molecule has 1 atom stereocenters. The first-order chi connectivity index (χ1) is 21.3. The van der Waals surface area contributed by atoms with E-state index in [1.54, 1.807) is 66.7 Å². The van der Waals surface area contributed by atoms with Crippen molar-refractivity contribution >= 4 is 52.7 Å². The lowest BCUT2D eigenvalue weighted by atomic mass is 10.00. The number of amides is 2. The van der Waals surface area contributed by atoms with Crippen molar-refractivity contribution in [2.45, 2.75) is 12.5 Å². The van der Waals surface area contributed by atoms with Crippen LogP contribution < -0.4 is 16.4 Å². The Morgan fingerprint density at radius 2 is 1.80 bits per heavy atom. The van der Waals surface area contributed by atoms with Crippen molar-refractivity contribution in [2.24, 2.45) is 0 Å². The second kappa shape index (κ2) is 13.8. The Bertz CT molecular complexity index is 1800. The smallest absolute Gasteiger partial charge is 0.411 e. The van der Waals surface area contributed by atoms with Crippen molar-refractivity contribution in [2.75, 3.05) is 18.2 Å². The highest BCUT2D eigenvalue weighted by molar-refractivity contribution is 6.32. The van der Waals surface area contributed by atoms with E-state index in [9.17, 15) is 9.59 Å². The van der Waals surface area contributed by atoms with E-state index in [0.29, 0.717) is 45.3 Å². The van der Waals surface area contributed by atoms with Crippen molar-refractivity contribution in [3.8, 4) is 16.8 Å². The van der Waals surface area contributed by atoms with E-state index in [2.05, 4.69) is 41.1 Å². The minimum Gasteiger partial charge on any atom is -0.453 e. The van der Waals surface area contributed by atoms with Crippen molar-refractivity contribution < 1.29 is 14.3 Å². The van der Waals surface area contributed by atoms with Gasteiger partial charge in [0, 0.05) is 33.6 Å². The standard InChI is InChI=1S/C30H25Cl2N9O3/c1-44-30(43)35-23-10-4-19(5-11-23)24-16-26(37-38-29(24)32)25(14-18-2-8-22(33)9-3-18)36-28(42)13-6-20-15-21(31)7-12-27(20)41-17-34-39-40-41/h2-13,15-17,25H,14,33H2,1H3,(H,35,43)(H,36,42). The van der Waals surface area contributed by atoms with Gasteiger partial charge in [0.1, 0.15) is 6.33 Å². The quantitative estimate of drug-likeness (QED) is 0.145. The topological polar surface area (TPSA) is 163 Å². The van der Waals surface area contributed by atoms with Crippen molar-refractivity contribution in [3.05, 3.63) is 112 Å². The number of nitrogens with two attached hydrogens (primary N) is 1. The summed E-state index contributed by atoms with van der Waals surface area (Å²) in [6, 6.07) is 20.7. The molecule has 0 saturated carbocycles. The Morgan fingerprint density at radius 3 is 2.50 bits per heavy atom. The van der Waals surface area contributed by atoms with Gasteiger partial charge in [-0.15, -0.1) is 10.2 Å². The van der Waals surface area contributed by atoms with Gasteiger partial charge in [-0.25, -0.2) is 4.79 Å². The van der Waals surface area contributed by atoms with Gasteiger partial charge in [0.15, 0.2) is 5.15 Å². The third-order valence-electron chi connectivity index (χ3n) is 6.49. The van der Waals surface area contributed by atoms with Crippen LogP contribution in [0.25, 0.3) is 22.9 Å². The first-order valence-corrected chi connectivity index (χ1v) is 13.9. The molecule has 2 amide bonds. The van der Waals surface area contributed by atoms with Gasteiger partial charge in [-0.1, -0.05) is 47.5 Å². The molecule has 1 unspecified atom stereocenters. The number of hydrogen-bond acceptors (Lipinski definition) is 9. The number of nitrogen functional groups attached to an aromatic ring is 1. The first kappa shape index (κ1) is 30.1. The average molecular weight is 630 g/mol. The lowest BCUT2D eigenvalue weighted by molar-refractivity contribution is -0.117. The molecule has 0 aliphatic heterocycles. The number of tetrazole rings is 1. The molecule has 3 aromatic carbocycles. The van der Waals surface area contributed by atoms with Crippen LogP contribution in [-0.2, 0) is 16.0 Å². The summed E-state index contributed by atoms with van der Waals surface area (Å²) in [5.74, 6) is -0.385. The normalized spacial score (nSPS) is 11.7. The molecule has 2 heterocycles. The maximum Gasteiger partial charge on any atom is 0.411 e. The second-order valence-corrected chi connectivity index (χ2v) is 10.3. The highest BCUT2D eigenvalue weighted by atomic mass is 35.5. The van der Waals surface area contributed by atoms with E-state index in [-0.39, 0.29) is 11.1 Å². The molecular formula is C30H25Cl2N9O3. The third-order valence-corrected chi connectivity index (χ3v) is 7.00. The lowest BCUT2D eigenvalue weighted by Crippen LogP contribution is -2.29. The van der Waals surface area contributed by atoms with Crippen molar-refractivity contribution in [1.29, 1.82) is 0 Å². The summed E-state index contributed by atoms with van der Waals surface area (Å²) in [4.78, 5) is 24.8. The molecule has 0 spiro atoms. The first-order valence-electron chi connectivity index (χ1n) is 13.1. The fourth-order valence-electron chi connectivity index (χ4n) is 4.31. The molecule has 5 aromatic rings. The van der Waals surface area contributed by atoms with Gasteiger partial charge < -0.3 is 15.8 Å². The zero-order valence-electron chi connectivity index (χ0n) is 23.2. The molecule has 0 bridgehead atoms. The molecule has 222 valence electrons. The third kappa shape index (κ3) is 7.54. The highest BCUT2D eigenvalue weighted by Gasteiger charge is 2.19. The largest absolute Gasteiger partial charge is 0.453 e. The van der Waals surface area contributed by atoms with Crippen LogP contribution in [-0.4, -0.2) is 49.5 Å². The summed E-state index contributed by atoms with van der Waals surface area (Å²) < 4.78 is 6.11. The van der Waals surface area contributed by atoms with E-state index < -0.39 is 12.1 Å². The van der Waals surface area contributed by atoms with E-state index in [4.69, 9.17) is 28.9 Å². The van der Waals surface area contributed by atoms with Crippen LogP contribution in [0.5, 0.6) is 0 Å². The summed E-state index contributed by atoms with van der Waals surface area (Å²) in [6.45, 7) is 0. The van der Waals surface area contributed by atoms with Gasteiger partial charge in [0.2, 0.25) is 5.91 Å². The summed E-state index contributed by atoms with van der Waals surface area (Å²) in [5, 5.41) is 26.0. The summed E-state index contributed by atoms with van der Waals surface area (Å²) in [7, 11) is 1.29. The number of ether oxygens (including phenoxy) is 1. The highest BCUT2D eigenvalue weighted by Crippen LogP contribution is 2.30. The monoisotopic (exact) mass is 629 g/mol. The number of methoxy groups -OCH3 is 1. The van der Waals surface area contributed by atoms with E-state index >= 15 is 0 Å². The molecule has 14 heteroatoms. The number of carbonyl (C=O) groups is 2. The van der Waals surface area contributed by atoms with Gasteiger partial charge in [-0.05, 0) is 82.6 Å². The van der Waals surface area contributed by atoms with Crippen LogP contribution in [0, 0.1) is 0 Å². The fraction of sp³-hybridized carbons (Fsp3) is 0.100. The maximum absolute atomic E-state index is 13.3. The SMILES string of the molecule is COC(=O)Nc1ccc(-c2cc(C(Cc3ccc(N)cc3)NC(=O)C=Cc3cc(Cl)ccc3-n3cnnn3)nnc2Cl)cc1. The minimum atomic E-state index is -0.585. The van der Waals surface area contributed by atoms with Gasteiger partial charge in [-0.3, -0.25) is 10.1 Å². The van der Waals surface area contributed by atoms with E-state index in [1.807, 2.05) is 12.1 Å². The molecule has 44 heavy (non-hydrogen) atoms. The van der Waals surface area contributed by atoms with E-state index in [0.717, 1.165) is 11.1 Å². The molecule has 0 radical (unpaired) electrons. The number of nitrogens with zero attached hydrogens (tertiary/aromatic N) is 6. The van der Waals surface area contributed by atoms with Crippen molar-refractivity contribution in [3.63, 3.8) is 0 Å².